The third-order valence-electron chi connectivity index (χ3n) is 15.8. The first-order valence-electron chi connectivity index (χ1n) is 34.2. The van der Waals surface area contributed by atoms with E-state index in [-0.39, 0.29) is 31.1 Å². The molecule has 6 nitrogen and oxygen atoms in total. The van der Waals surface area contributed by atoms with Crippen LogP contribution in [0.3, 0.4) is 0 Å². The molecule has 6 heteroatoms. The number of unbranched alkanes of at least 4 members (excludes halogenated alkanes) is 51. The molecule has 1 unspecified atom stereocenters. The molecule has 0 aliphatic rings. The van der Waals surface area contributed by atoms with Gasteiger partial charge in [-0.1, -0.05) is 348 Å². The molecule has 0 aromatic heterocycles. The van der Waals surface area contributed by atoms with E-state index >= 15 is 0 Å². The van der Waals surface area contributed by atoms with Crippen LogP contribution in [0.25, 0.3) is 0 Å². The van der Waals surface area contributed by atoms with Crippen LogP contribution in [-0.2, 0) is 28.6 Å². The molecule has 0 fully saturated rings. The number of allylic oxidation sites excluding steroid dienone is 2. The highest BCUT2D eigenvalue weighted by atomic mass is 16.6. The average molecular weight is 1060 g/mol. The smallest absolute Gasteiger partial charge is 0.306 e. The van der Waals surface area contributed by atoms with Crippen molar-refractivity contribution in [3.05, 3.63) is 12.2 Å². The van der Waals surface area contributed by atoms with Crippen LogP contribution in [0.2, 0.25) is 0 Å². The van der Waals surface area contributed by atoms with Crippen LogP contribution < -0.4 is 0 Å². The summed E-state index contributed by atoms with van der Waals surface area (Å²) in [6.45, 7) is 6.66. The molecule has 0 saturated heterocycles. The molecule has 0 spiro atoms. The van der Waals surface area contributed by atoms with Gasteiger partial charge in [0.25, 0.3) is 0 Å². The summed E-state index contributed by atoms with van der Waals surface area (Å²) in [5, 5.41) is 0. The molecule has 0 amide bonds. The van der Waals surface area contributed by atoms with Crippen molar-refractivity contribution in [2.75, 3.05) is 13.2 Å². The molecule has 0 bridgehead atoms. The molecule has 75 heavy (non-hydrogen) atoms. The lowest BCUT2D eigenvalue weighted by Crippen LogP contribution is -2.30. The summed E-state index contributed by atoms with van der Waals surface area (Å²) in [5.41, 5.74) is 0. The lowest BCUT2D eigenvalue weighted by Gasteiger charge is -2.18. The average Bonchev–Trinajstić information content (AvgIpc) is 3.41. The quantitative estimate of drug-likeness (QED) is 0.0261. The zero-order valence-corrected chi connectivity index (χ0v) is 51.1. The Morgan fingerprint density at radius 3 is 0.707 bits per heavy atom. The van der Waals surface area contributed by atoms with E-state index in [0.717, 1.165) is 64.2 Å². The normalized spacial score (nSPS) is 12.0. The summed E-state index contributed by atoms with van der Waals surface area (Å²) >= 11 is 0. The zero-order chi connectivity index (χ0) is 54.3. The zero-order valence-electron chi connectivity index (χ0n) is 51.1. The molecule has 0 N–H and O–H groups in total. The van der Waals surface area contributed by atoms with Crippen LogP contribution in [0.15, 0.2) is 12.2 Å². The first-order chi connectivity index (χ1) is 37.0. The van der Waals surface area contributed by atoms with Crippen molar-refractivity contribution in [2.45, 2.75) is 399 Å². The lowest BCUT2D eigenvalue weighted by molar-refractivity contribution is -0.167. The minimum Gasteiger partial charge on any atom is -0.462 e. The SMILES string of the molecule is CCCC/C=C\CCCCCCCC(=O)OCC(COC(=O)CCCCCCCCCCCCCCCCCCCCCCCCCCCCCCCCCCCC)OC(=O)CCCCCCCCCCCCCC. The number of hydrogen-bond acceptors (Lipinski definition) is 6. The number of rotatable bonds is 64. The van der Waals surface area contributed by atoms with Gasteiger partial charge in [-0.05, 0) is 38.5 Å². The van der Waals surface area contributed by atoms with Crippen LogP contribution in [0.1, 0.15) is 393 Å². The van der Waals surface area contributed by atoms with Gasteiger partial charge in [0.15, 0.2) is 6.10 Å². The standard InChI is InChI=1S/C69H132O6/c1-4-7-10-13-16-19-22-24-25-26-27-28-29-30-31-32-33-34-35-36-37-38-39-40-41-42-43-44-45-48-50-53-56-59-62-68(71)74-65-66(64-73-67(70)61-58-55-52-49-46-21-18-15-12-9-6-3)75-69(72)63-60-57-54-51-47-23-20-17-14-11-8-5-2/h15,18,66H,4-14,16-17,19-65H2,1-3H3/b18-15-. The van der Waals surface area contributed by atoms with Crippen molar-refractivity contribution < 1.29 is 28.6 Å². The summed E-state index contributed by atoms with van der Waals surface area (Å²) in [7, 11) is 0. The molecular formula is C69H132O6. The van der Waals surface area contributed by atoms with Gasteiger partial charge in [-0.3, -0.25) is 14.4 Å². The maximum absolute atomic E-state index is 12.8. The van der Waals surface area contributed by atoms with Gasteiger partial charge in [-0.2, -0.15) is 0 Å². The number of carbonyl (C=O) groups excluding carboxylic acids is 3. The van der Waals surface area contributed by atoms with Crippen molar-refractivity contribution in [3.8, 4) is 0 Å². The van der Waals surface area contributed by atoms with Crippen molar-refractivity contribution in [1.29, 1.82) is 0 Å². The van der Waals surface area contributed by atoms with E-state index in [4.69, 9.17) is 14.2 Å². The Morgan fingerprint density at radius 2 is 0.453 bits per heavy atom. The first kappa shape index (κ1) is 73.2. The molecule has 0 saturated carbocycles. The fraction of sp³-hybridized carbons (Fsp3) is 0.928. The largest absolute Gasteiger partial charge is 0.462 e. The fourth-order valence-electron chi connectivity index (χ4n) is 10.6. The Balaban J connectivity index is 3.94. The Kier molecular flexibility index (Phi) is 63.1. The van der Waals surface area contributed by atoms with Gasteiger partial charge in [0.05, 0.1) is 0 Å². The van der Waals surface area contributed by atoms with E-state index in [1.54, 1.807) is 0 Å². The molecule has 0 aliphatic heterocycles. The Hall–Kier alpha value is -1.85. The maximum Gasteiger partial charge on any atom is 0.306 e. The fourth-order valence-corrected chi connectivity index (χ4v) is 10.6. The highest BCUT2D eigenvalue weighted by Crippen LogP contribution is 2.19. The number of carbonyl (C=O) groups is 3. The van der Waals surface area contributed by atoms with Crippen LogP contribution in [0.4, 0.5) is 0 Å². The molecule has 444 valence electrons. The second kappa shape index (κ2) is 64.7. The van der Waals surface area contributed by atoms with Gasteiger partial charge in [-0.25, -0.2) is 0 Å². The number of esters is 3. The van der Waals surface area contributed by atoms with Crippen molar-refractivity contribution in [1.82, 2.24) is 0 Å². The second-order valence-electron chi connectivity index (χ2n) is 23.5. The highest BCUT2D eigenvalue weighted by molar-refractivity contribution is 5.71. The van der Waals surface area contributed by atoms with E-state index in [2.05, 4.69) is 32.9 Å². The lowest BCUT2D eigenvalue weighted by atomic mass is 10.0. The van der Waals surface area contributed by atoms with Crippen LogP contribution in [0, 0.1) is 0 Å². The summed E-state index contributed by atoms with van der Waals surface area (Å²) < 4.78 is 16.9. The number of hydrogen-bond donors (Lipinski definition) is 0. The Morgan fingerprint density at radius 1 is 0.253 bits per heavy atom. The Labute approximate surface area is 469 Å². The van der Waals surface area contributed by atoms with E-state index in [1.807, 2.05) is 0 Å². The van der Waals surface area contributed by atoms with Gasteiger partial charge in [0.1, 0.15) is 13.2 Å². The molecule has 0 radical (unpaired) electrons. The minimum absolute atomic E-state index is 0.0666. The van der Waals surface area contributed by atoms with Gasteiger partial charge >= 0.3 is 17.9 Å². The maximum atomic E-state index is 12.8. The van der Waals surface area contributed by atoms with Crippen molar-refractivity contribution in [2.24, 2.45) is 0 Å². The highest BCUT2D eigenvalue weighted by Gasteiger charge is 2.19. The molecule has 0 heterocycles. The summed E-state index contributed by atoms with van der Waals surface area (Å²) in [5.74, 6) is -0.851. The van der Waals surface area contributed by atoms with Gasteiger partial charge in [-0.15, -0.1) is 0 Å². The molecule has 0 aliphatic carbocycles. The van der Waals surface area contributed by atoms with E-state index in [0.29, 0.717) is 19.3 Å². The third kappa shape index (κ3) is 62.9. The Bertz CT molecular complexity index is 1170. The van der Waals surface area contributed by atoms with E-state index in [9.17, 15) is 14.4 Å². The monoisotopic (exact) mass is 1060 g/mol. The van der Waals surface area contributed by atoms with Crippen LogP contribution in [0.5, 0.6) is 0 Å². The summed E-state index contributed by atoms with van der Waals surface area (Å²) in [6, 6.07) is 0. The minimum atomic E-state index is -0.767. The van der Waals surface area contributed by atoms with Gasteiger partial charge in [0, 0.05) is 19.3 Å². The topological polar surface area (TPSA) is 78.9 Å². The predicted molar refractivity (Wildman–Crippen MR) is 326 cm³/mol. The van der Waals surface area contributed by atoms with Crippen LogP contribution in [-0.4, -0.2) is 37.2 Å². The molecule has 0 rings (SSSR count). The number of ether oxygens (including phenoxy) is 3. The third-order valence-corrected chi connectivity index (χ3v) is 15.8. The van der Waals surface area contributed by atoms with Crippen LogP contribution >= 0.6 is 0 Å². The first-order valence-corrected chi connectivity index (χ1v) is 34.2. The molecule has 0 aromatic rings. The van der Waals surface area contributed by atoms with Crippen molar-refractivity contribution >= 4 is 17.9 Å². The van der Waals surface area contributed by atoms with Crippen molar-refractivity contribution in [3.63, 3.8) is 0 Å². The van der Waals surface area contributed by atoms with E-state index in [1.165, 1.54) is 289 Å². The van der Waals surface area contributed by atoms with Gasteiger partial charge < -0.3 is 14.2 Å². The molecule has 1 atom stereocenters. The summed E-state index contributed by atoms with van der Waals surface area (Å²) in [4.78, 5) is 38.1. The second-order valence-corrected chi connectivity index (χ2v) is 23.5. The summed E-state index contributed by atoms with van der Waals surface area (Å²) in [6.07, 6.45) is 77.0. The van der Waals surface area contributed by atoms with Gasteiger partial charge in [0.2, 0.25) is 0 Å². The molecular weight excluding hydrogens is 925 g/mol. The van der Waals surface area contributed by atoms with E-state index < -0.39 is 6.10 Å². The predicted octanol–water partition coefficient (Wildman–Crippen LogP) is 23.2. The molecule has 0 aromatic carbocycles.